The van der Waals surface area contributed by atoms with E-state index < -0.39 is 0 Å². The minimum absolute atomic E-state index is 0.0566. The van der Waals surface area contributed by atoms with Crippen molar-refractivity contribution >= 4 is 34.1 Å². The van der Waals surface area contributed by atoms with Crippen LogP contribution in [-0.2, 0) is 4.79 Å². The molecule has 5 heteroatoms. The summed E-state index contributed by atoms with van der Waals surface area (Å²) in [5, 5.41) is 14.3. The lowest BCUT2D eigenvalue weighted by Crippen LogP contribution is -2.19. The van der Waals surface area contributed by atoms with Crippen LogP contribution in [0.15, 0.2) is 65.6 Å². The van der Waals surface area contributed by atoms with E-state index in [0.717, 1.165) is 32.7 Å². The largest absolute Gasteiger partial charge is 0.497 e. The summed E-state index contributed by atoms with van der Waals surface area (Å²) >= 11 is 1.60. The van der Waals surface area contributed by atoms with Gasteiger partial charge in [0, 0.05) is 16.6 Å². The molecule has 0 saturated carbocycles. The summed E-state index contributed by atoms with van der Waals surface area (Å²) in [7, 11) is 1.65. The Labute approximate surface area is 175 Å². The van der Waals surface area contributed by atoms with Crippen LogP contribution in [0.3, 0.4) is 0 Å². The van der Waals surface area contributed by atoms with Crippen LogP contribution in [0, 0.1) is 11.3 Å². The predicted octanol–water partition coefficient (Wildman–Crippen LogP) is 5.98. The standard InChI is InChI=1S/C24H24N2O2S/c1-16(12-13-25)29-23-7-5-4-6-22(23)26-24(27)17(2)18-8-9-20-15-21(28-3)11-10-19(20)14-18/h4-11,14-17H,12H2,1-3H3,(H,26,27)/t16-,17-/m0/s1. The zero-order chi connectivity index (χ0) is 20.8. The van der Waals surface area contributed by atoms with E-state index in [2.05, 4.69) is 17.5 Å². The molecule has 3 aromatic rings. The summed E-state index contributed by atoms with van der Waals surface area (Å²) < 4.78 is 5.27. The third-order valence-electron chi connectivity index (χ3n) is 4.82. The maximum absolute atomic E-state index is 12.9. The lowest BCUT2D eigenvalue weighted by Gasteiger charge is -2.17. The van der Waals surface area contributed by atoms with Gasteiger partial charge >= 0.3 is 0 Å². The Morgan fingerprint density at radius 1 is 1.10 bits per heavy atom. The van der Waals surface area contributed by atoms with E-state index in [0.29, 0.717) is 6.42 Å². The number of para-hydroxylation sites is 1. The molecule has 0 bridgehead atoms. The van der Waals surface area contributed by atoms with Gasteiger partial charge in [-0.15, -0.1) is 11.8 Å². The van der Waals surface area contributed by atoms with Gasteiger partial charge in [0.25, 0.3) is 0 Å². The number of thioether (sulfide) groups is 1. The zero-order valence-electron chi connectivity index (χ0n) is 16.8. The molecule has 0 heterocycles. The van der Waals surface area contributed by atoms with Crippen molar-refractivity contribution < 1.29 is 9.53 Å². The number of nitrogens with zero attached hydrogens (tertiary/aromatic N) is 1. The van der Waals surface area contributed by atoms with Crippen LogP contribution in [0.1, 0.15) is 31.7 Å². The first-order valence-electron chi connectivity index (χ1n) is 9.53. The number of amides is 1. The molecule has 3 rings (SSSR count). The lowest BCUT2D eigenvalue weighted by atomic mass is 9.97. The molecule has 0 aliphatic rings. The number of carbonyl (C=O) groups is 1. The van der Waals surface area contributed by atoms with Crippen LogP contribution in [0.4, 0.5) is 5.69 Å². The van der Waals surface area contributed by atoms with Crippen molar-refractivity contribution in [1.82, 2.24) is 0 Å². The van der Waals surface area contributed by atoms with Crippen LogP contribution in [0.2, 0.25) is 0 Å². The molecule has 1 N–H and O–H groups in total. The van der Waals surface area contributed by atoms with Crippen molar-refractivity contribution in [1.29, 1.82) is 5.26 Å². The van der Waals surface area contributed by atoms with E-state index in [1.807, 2.05) is 68.4 Å². The monoisotopic (exact) mass is 404 g/mol. The van der Waals surface area contributed by atoms with E-state index >= 15 is 0 Å². The zero-order valence-corrected chi connectivity index (χ0v) is 17.6. The molecule has 0 radical (unpaired) electrons. The van der Waals surface area contributed by atoms with Crippen molar-refractivity contribution in [2.75, 3.05) is 12.4 Å². The van der Waals surface area contributed by atoms with E-state index in [-0.39, 0.29) is 17.1 Å². The summed E-state index contributed by atoms with van der Waals surface area (Å²) in [5.74, 6) is 0.464. The summed E-state index contributed by atoms with van der Waals surface area (Å²) in [6, 6.07) is 21.9. The van der Waals surface area contributed by atoms with Gasteiger partial charge in [0.2, 0.25) is 5.91 Å². The molecule has 0 spiro atoms. The average molecular weight is 405 g/mol. The van der Waals surface area contributed by atoms with Gasteiger partial charge in [-0.25, -0.2) is 0 Å². The van der Waals surface area contributed by atoms with E-state index in [4.69, 9.17) is 10.00 Å². The Bertz CT molecular complexity index is 1060. The average Bonchev–Trinajstić information content (AvgIpc) is 2.74. The fourth-order valence-corrected chi connectivity index (χ4v) is 4.09. The number of nitrogens with one attached hydrogen (secondary N) is 1. The highest BCUT2D eigenvalue weighted by Gasteiger charge is 2.18. The highest BCUT2D eigenvalue weighted by atomic mass is 32.2. The molecule has 3 aromatic carbocycles. The number of methoxy groups -OCH3 is 1. The number of fused-ring (bicyclic) bond motifs is 1. The van der Waals surface area contributed by atoms with E-state index in [1.165, 1.54) is 0 Å². The Hall–Kier alpha value is -2.97. The molecule has 148 valence electrons. The molecule has 29 heavy (non-hydrogen) atoms. The Morgan fingerprint density at radius 3 is 2.59 bits per heavy atom. The first-order chi connectivity index (χ1) is 14.0. The molecule has 0 unspecified atom stereocenters. The van der Waals surface area contributed by atoms with E-state index in [9.17, 15) is 4.79 Å². The van der Waals surface area contributed by atoms with Crippen LogP contribution in [0.5, 0.6) is 5.75 Å². The molecule has 0 fully saturated rings. The number of hydrogen-bond acceptors (Lipinski definition) is 4. The Balaban J connectivity index is 1.77. The van der Waals surface area contributed by atoms with Gasteiger partial charge in [0.1, 0.15) is 5.75 Å². The van der Waals surface area contributed by atoms with Crippen LogP contribution in [0.25, 0.3) is 10.8 Å². The molecule has 0 aromatic heterocycles. The quantitative estimate of drug-likeness (QED) is 0.492. The third-order valence-corrected chi connectivity index (χ3v) is 6.00. The SMILES string of the molecule is COc1ccc2cc([C@H](C)C(=O)Nc3ccccc3S[C@@H](C)CC#N)ccc2c1. The van der Waals surface area contributed by atoms with Gasteiger partial charge in [-0.1, -0.05) is 43.3 Å². The lowest BCUT2D eigenvalue weighted by molar-refractivity contribution is -0.117. The fourth-order valence-electron chi connectivity index (χ4n) is 3.09. The maximum Gasteiger partial charge on any atom is 0.231 e. The van der Waals surface area contributed by atoms with Crippen LogP contribution < -0.4 is 10.1 Å². The number of benzene rings is 3. The number of ether oxygens (including phenoxy) is 1. The van der Waals surface area contributed by atoms with Gasteiger partial charge < -0.3 is 10.1 Å². The summed E-state index contributed by atoms with van der Waals surface area (Å²) in [6.45, 7) is 3.92. The summed E-state index contributed by atoms with van der Waals surface area (Å²) in [4.78, 5) is 13.9. The van der Waals surface area contributed by atoms with Crippen molar-refractivity contribution in [3.05, 3.63) is 66.2 Å². The summed E-state index contributed by atoms with van der Waals surface area (Å²) in [5.41, 5.74) is 1.74. The smallest absolute Gasteiger partial charge is 0.231 e. The van der Waals surface area contributed by atoms with Crippen LogP contribution in [-0.4, -0.2) is 18.3 Å². The van der Waals surface area contributed by atoms with E-state index in [1.54, 1.807) is 18.9 Å². The van der Waals surface area contributed by atoms with Crippen LogP contribution >= 0.6 is 11.8 Å². The van der Waals surface area contributed by atoms with Crippen molar-refractivity contribution in [3.8, 4) is 11.8 Å². The second kappa shape index (κ2) is 9.49. The second-order valence-electron chi connectivity index (χ2n) is 6.97. The van der Waals surface area contributed by atoms with Crippen molar-refractivity contribution in [3.63, 3.8) is 0 Å². The highest BCUT2D eigenvalue weighted by Crippen LogP contribution is 2.32. The molecule has 0 aliphatic heterocycles. The molecule has 2 atom stereocenters. The van der Waals surface area contributed by atoms with Gasteiger partial charge in [-0.05, 0) is 47.5 Å². The molecular formula is C24H24N2O2S. The minimum atomic E-state index is -0.295. The molecule has 1 amide bonds. The third kappa shape index (κ3) is 5.10. The topological polar surface area (TPSA) is 62.1 Å². The van der Waals surface area contributed by atoms with Gasteiger partial charge in [-0.2, -0.15) is 5.26 Å². The molecular weight excluding hydrogens is 380 g/mol. The van der Waals surface area contributed by atoms with Crippen molar-refractivity contribution in [2.45, 2.75) is 36.3 Å². The molecule has 0 aliphatic carbocycles. The van der Waals surface area contributed by atoms with Gasteiger partial charge in [-0.3, -0.25) is 4.79 Å². The maximum atomic E-state index is 12.9. The molecule has 0 saturated heterocycles. The Kier molecular flexibility index (Phi) is 6.79. The van der Waals surface area contributed by atoms with Crippen molar-refractivity contribution in [2.24, 2.45) is 0 Å². The summed E-state index contributed by atoms with van der Waals surface area (Å²) in [6.07, 6.45) is 0.464. The van der Waals surface area contributed by atoms with Gasteiger partial charge in [0.15, 0.2) is 0 Å². The second-order valence-corrected chi connectivity index (χ2v) is 8.45. The van der Waals surface area contributed by atoms with Gasteiger partial charge in [0.05, 0.1) is 24.8 Å². The normalized spacial score (nSPS) is 12.8. The number of carbonyl (C=O) groups excluding carboxylic acids is 1. The number of hydrogen-bond donors (Lipinski definition) is 1. The fraction of sp³-hybridized carbons (Fsp3) is 0.250. The Morgan fingerprint density at radius 2 is 1.83 bits per heavy atom. The molecule has 4 nitrogen and oxygen atoms in total. The number of nitriles is 1. The number of rotatable bonds is 7. The first kappa shape index (κ1) is 20.8. The highest BCUT2D eigenvalue weighted by molar-refractivity contribution is 8.00. The minimum Gasteiger partial charge on any atom is -0.497 e. The predicted molar refractivity (Wildman–Crippen MR) is 120 cm³/mol. The number of anilines is 1. The first-order valence-corrected chi connectivity index (χ1v) is 10.4.